The average molecular weight is 223 g/mol. The van der Waals surface area contributed by atoms with E-state index in [0.29, 0.717) is 11.7 Å². The van der Waals surface area contributed by atoms with Gasteiger partial charge in [-0.25, -0.2) is 0 Å². The van der Waals surface area contributed by atoms with Crippen molar-refractivity contribution in [3.8, 4) is 0 Å². The second-order valence-corrected chi connectivity index (χ2v) is 4.46. The van der Waals surface area contributed by atoms with Gasteiger partial charge >= 0.3 is 0 Å². The minimum absolute atomic E-state index is 0.237. The summed E-state index contributed by atoms with van der Waals surface area (Å²) < 4.78 is 5.11. The molecule has 0 fully saturated rings. The number of hydrogen-bond donors (Lipinski definition) is 1. The van der Waals surface area contributed by atoms with Crippen molar-refractivity contribution in [3.05, 3.63) is 34.1 Å². The molecule has 0 spiro atoms. The summed E-state index contributed by atoms with van der Waals surface area (Å²) in [5.74, 6) is 1.42. The summed E-state index contributed by atoms with van der Waals surface area (Å²) in [6.45, 7) is 4.01. The topological polar surface area (TPSA) is 64.9 Å². The third kappa shape index (κ3) is 2.08. The molecule has 0 radical (unpaired) electrons. The van der Waals surface area contributed by atoms with E-state index in [2.05, 4.69) is 10.1 Å². The fourth-order valence-electron chi connectivity index (χ4n) is 1.21. The van der Waals surface area contributed by atoms with Crippen LogP contribution in [0.25, 0.3) is 0 Å². The summed E-state index contributed by atoms with van der Waals surface area (Å²) in [7, 11) is 0. The normalized spacial score (nSPS) is 13.3. The maximum absolute atomic E-state index is 6.00. The van der Waals surface area contributed by atoms with Crippen LogP contribution in [0.5, 0.6) is 0 Å². The van der Waals surface area contributed by atoms with Crippen molar-refractivity contribution in [2.75, 3.05) is 0 Å². The first-order valence-corrected chi connectivity index (χ1v) is 5.74. The molecule has 1 atom stereocenters. The third-order valence-corrected chi connectivity index (χ3v) is 2.83. The molecule has 2 aromatic rings. The van der Waals surface area contributed by atoms with Gasteiger partial charge in [-0.1, -0.05) is 19.0 Å². The van der Waals surface area contributed by atoms with E-state index in [1.54, 1.807) is 11.3 Å². The Morgan fingerprint density at radius 1 is 1.47 bits per heavy atom. The number of nitrogens with zero attached hydrogens (tertiary/aromatic N) is 2. The highest BCUT2D eigenvalue weighted by atomic mass is 32.1. The minimum Gasteiger partial charge on any atom is -0.339 e. The Morgan fingerprint density at radius 2 is 2.27 bits per heavy atom. The standard InChI is InChI=1S/C10H13N3OS/c1-6(2)10-12-9(13-14-10)8(11)7-3-4-15-5-7/h3-6,8H,11H2,1-2H3. The van der Waals surface area contributed by atoms with E-state index in [1.165, 1.54) is 0 Å². The van der Waals surface area contributed by atoms with Gasteiger partial charge in [-0.2, -0.15) is 16.3 Å². The summed E-state index contributed by atoms with van der Waals surface area (Å²) >= 11 is 1.61. The number of thiophene rings is 1. The molecule has 0 aliphatic rings. The van der Waals surface area contributed by atoms with Crippen LogP contribution < -0.4 is 5.73 Å². The second-order valence-electron chi connectivity index (χ2n) is 3.68. The van der Waals surface area contributed by atoms with Crippen LogP contribution in [-0.4, -0.2) is 10.1 Å². The summed E-state index contributed by atoms with van der Waals surface area (Å²) in [6.07, 6.45) is 0. The Labute approximate surface area is 92.1 Å². The molecule has 0 amide bonds. The van der Waals surface area contributed by atoms with Gasteiger partial charge in [0.1, 0.15) is 0 Å². The lowest BCUT2D eigenvalue weighted by atomic mass is 10.1. The van der Waals surface area contributed by atoms with Gasteiger partial charge in [-0.15, -0.1) is 0 Å². The molecular formula is C10H13N3OS. The lowest BCUT2D eigenvalue weighted by Crippen LogP contribution is -2.12. The van der Waals surface area contributed by atoms with Crippen molar-refractivity contribution in [3.63, 3.8) is 0 Å². The maximum Gasteiger partial charge on any atom is 0.229 e. The van der Waals surface area contributed by atoms with Crippen molar-refractivity contribution in [2.45, 2.75) is 25.8 Å². The molecule has 5 heteroatoms. The average Bonchev–Trinajstić information content (AvgIpc) is 2.88. The molecule has 15 heavy (non-hydrogen) atoms. The Morgan fingerprint density at radius 3 is 2.80 bits per heavy atom. The van der Waals surface area contributed by atoms with E-state index in [0.717, 1.165) is 5.56 Å². The summed E-state index contributed by atoms with van der Waals surface area (Å²) in [5.41, 5.74) is 7.02. The highest BCUT2D eigenvalue weighted by Crippen LogP contribution is 2.21. The monoisotopic (exact) mass is 223 g/mol. The number of nitrogens with two attached hydrogens (primary N) is 1. The van der Waals surface area contributed by atoms with E-state index in [4.69, 9.17) is 10.3 Å². The van der Waals surface area contributed by atoms with Crippen molar-refractivity contribution in [1.29, 1.82) is 0 Å². The van der Waals surface area contributed by atoms with Crippen LogP contribution in [0.3, 0.4) is 0 Å². The van der Waals surface area contributed by atoms with Crippen molar-refractivity contribution in [2.24, 2.45) is 5.73 Å². The second kappa shape index (κ2) is 4.12. The Hall–Kier alpha value is -1.20. The predicted molar refractivity (Wildman–Crippen MR) is 58.7 cm³/mol. The third-order valence-electron chi connectivity index (χ3n) is 2.13. The van der Waals surface area contributed by atoms with Crippen LogP contribution in [0.2, 0.25) is 0 Å². The zero-order valence-electron chi connectivity index (χ0n) is 8.68. The van der Waals surface area contributed by atoms with E-state index in [9.17, 15) is 0 Å². The first-order valence-electron chi connectivity index (χ1n) is 4.79. The highest BCUT2D eigenvalue weighted by molar-refractivity contribution is 7.07. The van der Waals surface area contributed by atoms with E-state index in [1.807, 2.05) is 30.7 Å². The maximum atomic E-state index is 6.00. The smallest absolute Gasteiger partial charge is 0.229 e. The Bertz CT molecular complexity index is 422. The molecule has 2 rings (SSSR count). The quantitative estimate of drug-likeness (QED) is 0.867. The Kier molecular flexibility index (Phi) is 2.83. The molecule has 0 aliphatic heterocycles. The van der Waals surface area contributed by atoms with Crippen LogP contribution >= 0.6 is 11.3 Å². The fourth-order valence-corrected chi connectivity index (χ4v) is 1.91. The summed E-state index contributed by atoms with van der Waals surface area (Å²) in [6, 6.07) is 1.69. The molecule has 2 heterocycles. The fraction of sp³-hybridized carbons (Fsp3) is 0.400. The minimum atomic E-state index is -0.285. The molecule has 0 aromatic carbocycles. The van der Waals surface area contributed by atoms with Crippen LogP contribution in [0, 0.1) is 0 Å². The van der Waals surface area contributed by atoms with Gasteiger partial charge < -0.3 is 10.3 Å². The molecule has 2 N–H and O–H groups in total. The molecule has 2 aromatic heterocycles. The number of rotatable bonds is 3. The predicted octanol–water partition coefficient (Wildman–Crippen LogP) is 2.30. The van der Waals surface area contributed by atoms with Crippen LogP contribution in [-0.2, 0) is 0 Å². The molecule has 0 aliphatic carbocycles. The molecule has 0 bridgehead atoms. The first kappa shape index (κ1) is 10.3. The first-order chi connectivity index (χ1) is 7.18. The summed E-state index contributed by atoms with van der Waals surface area (Å²) in [4.78, 5) is 4.27. The zero-order chi connectivity index (χ0) is 10.8. The van der Waals surface area contributed by atoms with E-state index < -0.39 is 0 Å². The van der Waals surface area contributed by atoms with E-state index in [-0.39, 0.29) is 12.0 Å². The lowest BCUT2D eigenvalue weighted by Gasteiger charge is -2.02. The van der Waals surface area contributed by atoms with Crippen LogP contribution in [0.1, 0.15) is 43.1 Å². The lowest BCUT2D eigenvalue weighted by molar-refractivity contribution is 0.359. The van der Waals surface area contributed by atoms with Crippen LogP contribution in [0.4, 0.5) is 0 Å². The van der Waals surface area contributed by atoms with Gasteiger partial charge in [0.2, 0.25) is 5.89 Å². The largest absolute Gasteiger partial charge is 0.339 e. The van der Waals surface area contributed by atoms with Crippen molar-refractivity contribution < 1.29 is 4.52 Å². The molecule has 1 unspecified atom stereocenters. The van der Waals surface area contributed by atoms with Crippen molar-refractivity contribution in [1.82, 2.24) is 10.1 Å². The molecule has 80 valence electrons. The van der Waals surface area contributed by atoms with E-state index >= 15 is 0 Å². The summed E-state index contributed by atoms with van der Waals surface area (Å²) in [5, 5.41) is 7.87. The number of aromatic nitrogens is 2. The molecule has 0 saturated heterocycles. The van der Waals surface area contributed by atoms with Gasteiger partial charge in [0.25, 0.3) is 0 Å². The van der Waals surface area contributed by atoms with Gasteiger partial charge in [0, 0.05) is 5.92 Å². The van der Waals surface area contributed by atoms with Gasteiger partial charge in [-0.05, 0) is 22.4 Å². The SMILES string of the molecule is CC(C)c1nc(C(N)c2ccsc2)no1. The van der Waals surface area contributed by atoms with Gasteiger partial charge in [0.05, 0.1) is 6.04 Å². The highest BCUT2D eigenvalue weighted by Gasteiger charge is 2.17. The number of hydrogen-bond acceptors (Lipinski definition) is 5. The molecular weight excluding hydrogens is 210 g/mol. The van der Waals surface area contributed by atoms with Gasteiger partial charge in [-0.3, -0.25) is 0 Å². The Balaban J connectivity index is 2.23. The van der Waals surface area contributed by atoms with Crippen molar-refractivity contribution >= 4 is 11.3 Å². The van der Waals surface area contributed by atoms with Crippen LogP contribution in [0.15, 0.2) is 21.3 Å². The zero-order valence-corrected chi connectivity index (χ0v) is 9.49. The van der Waals surface area contributed by atoms with Gasteiger partial charge in [0.15, 0.2) is 5.82 Å². The molecule has 0 saturated carbocycles. The molecule has 4 nitrogen and oxygen atoms in total.